The van der Waals surface area contributed by atoms with Crippen LogP contribution in [0.15, 0.2) is 32.3 Å². The van der Waals surface area contributed by atoms with Gasteiger partial charge in [0.05, 0.1) is 16.1 Å². The molecule has 1 aromatic carbocycles. The standard InChI is InChI=1S/C14H14N4O4S2/c1-18-5-4-10-12(7-18)23-13(15-10)17-24(20,21)8-2-3-9-11(6-8)22-14(19)16-9/h2-3,6H,4-5,7H2,1H3,(H,15,17)(H,16,19). The van der Waals surface area contributed by atoms with Gasteiger partial charge in [0.25, 0.3) is 10.0 Å². The van der Waals surface area contributed by atoms with E-state index >= 15 is 0 Å². The zero-order chi connectivity index (χ0) is 16.9. The van der Waals surface area contributed by atoms with Crippen LogP contribution in [-0.2, 0) is 23.0 Å². The number of aromatic nitrogens is 2. The first-order chi connectivity index (χ1) is 11.4. The van der Waals surface area contributed by atoms with Crippen LogP contribution < -0.4 is 10.5 Å². The molecule has 1 aliphatic rings. The van der Waals surface area contributed by atoms with Crippen molar-refractivity contribution in [3.05, 3.63) is 39.3 Å². The SMILES string of the molecule is CN1CCc2nc(NS(=O)(=O)c3ccc4[nH]c(=O)oc4c3)sc2C1. The molecule has 0 unspecified atom stereocenters. The molecule has 0 spiro atoms. The van der Waals surface area contributed by atoms with Gasteiger partial charge in [-0.2, -0.15) is 0 Å². The molecule has 0 fully saturated rings. The molecule has 2 N–H and O–H groups in total. The van der Waals surface area contributed by atoms with Gasteiger partial charge in [-0.05, 0) is 19.2 Å². The van der Waals surface area contributed by atoms with E-state index in [1.165, 1.54) is 29.5 Å². The molecule has 0 atom stereocenters. The van der Waals surface area contributed by atoms with Crippen molar-refractivity contribution in [1.82, 2.24) is 14.9 Å². The largest absolute Gasteiger partial charge is 0.417 e. The average Bonchev–Trinajstić information content (AvgIpc) is 3.06. The van der Waals surface area contributed by atoms with Crippen molar-refractivity contribution in [3.8, 4) is 0 Å². The molecule has 126 valence electrons. The van der Waals surface area contributed by atoms with E-state index < -0.39 is 15.8 Å². The summed E-state index contributed by atoms with van der Waals surface area (Å²) in [5.41, 5.74) is 1.59. The normalized spacial score (nSPS) is 15.5. The van der Waals surface area contributed by atoms with E-state index in [4.69, 9.17) is 4.42 Å². The number of likely N-dealkylation sites (N-methyl/N-ethyl adjacent to an activating group) is 1. The van der Waals surface area contributed by atoms with Crippen LogP contribution in [0.25, 0.3) is 11.1 Å². The van der Waals surface area contributed by atoms with Gasteiger partial charge >= 0.3 is 5.76 Å². The van der Waals surface area contributed by atoms with E-state index in [2.05, 4.69) is 19.6 Å². The first kappa shape index (κ1) is 15.4. The molecule has 0 saturated heterocycles. The second-order valence-corrected chi connectivity index (χ2v) is 8.42. The van der Waals surface area contributed by atoms with Crippen molar-refractivity contribution < 1.29 is 12.8 Å². The molecule has 24 heavy (non-hydrogen) atoms. The minimum Gasteiger partial charge on any atom is -0.408 e. The van der Waals surface area contributed by atoms with Crippen molar-refractivity contribution in [1.29, 1.82) is 0 Å². The average molecular weight is 366 g/mol. The summed E-state index contributed by atoms with van der Waals surface area (Å²) in [5, 5.41) is 0.353. The lowest BCUT2D eigenvalue weighted by Crippen LogP contribution is -2.25. The molecule has 4 rings (SSSR count). The number of fused-ring (bicyclic) bond motifs is 2. The van der Waals surface area contributed by atoms with Crippen molar-refractivity contribution in [3.63, 3.8) is 0 Å². The summed E-state index contributed by atoms with van der Waals surface area (Å²) in [6.07, 6.45) is 0.810. The van der Waals surface area contributed by atoms with E-state index in [1.807, 2.05) is 7.05 Å². The topological polar surface area (TPSA) is 108 Å². The first-order valence-corrected chi connectivity index (χ1v) is 9.53. The van der Waals surface area contributed by atoms with Crippen molar-refractivity contribution in [2.45, 2.75) is 17.9 Å². The molecule has 3 aromatic rings. The Morgan fingerprint density at radius 3 is 3.08 bits per heavy atom. The molecule has 0 aliphatic carbocycles. The molecular weight excluding hydrogens is 352 g/mol. The Kier molecular flexibility index (Phi) is 3.48. The van der Waals surface area contributed by atoms with Crippen LogP contribution in [0, 0.1) is 0 Å². The maximum atomic E-state index is 12.5. The fraction of sp³-hybridized carbons (Fsp3) is 0.286. The Hall–Kier alpha value is -2.17. The highest BCUT2D eigenvalue weighted by atomic mass is 32.2. The number of thiazole rings is 1. The highest BCUT2D eigenvalue weighted by Crippen LogP contribution is 2.29. The summed E-state index contributed by atoms with van der Waals surface area (Å²) in [4.78, 5) is 21.3. The number of rotatable bonds is 3. The van der Waals surface area contributed by atoms with E-state index in [9.17, 15) is 13.2 Å². The molecule has 8 nitrogen and oxygen atoms in total. The maximum Gasteiger partial charge on any atom is 0.417 e. The Morgan fingerprint density at radius 1 is 1.42 bits per heavy atom. The molecule has 0 saturated carbocycles. The molecule has 0 bridgehead atoms. The Bertz CT molecular complexity index is 1080. The number of nitrogens with zero attached hydrogens (tertiary/aromatic N) is 2. The van der Waals surface area contributed by atoms with Crippen LogP contribution in [0.3, 0.4) is 0 Å². The van der Waals surface area contributed by atoms with Crippen LogP contribution >= 0.6 is 11.3 Å². The molecule has 0 amide bonds. The van der Waals surface area contributed by atoms with Gasteiger partial charge in [-0.25, -0.2) is 18.2 Å². The number of aromatic amines is 1. The van der Waals surface area contributed by atoms with Gasteiger partial charge in [-0.1, -0.05) is 11.3 Å². The summed E-state index contributed by atoms with van der Waals surface area (Å²) < 4.78 is 32.5. The van der Waals surface area contributed by atoms with Crippen LogP contribution in [-0.4, -0.2) is 36.9 Å². The van der Waals surface area contributed by atoms with Gasteiger partial charge in [0.2, 0.25) is 0 Å². The summed E-state index contributed by atoms with van der Waals surface area (Å²) >= 11 is 1.35. The Labute approximate surface area is 141 Å². The predicted octanol–water partition coefficient (Wildman–Crippen LogP) is 1.37. The number of H-pyrrole nitrogens is 1. The molecule has 3 heterocycles. The quantitative estimate of drug-likeness (QED) is 0.725. The van der Waals surface area contributed by atoms with E-state index in [0.717, 1.165) is 30.1 Å². The van der Waals surface area contributed by atoms with Crippen LogP contribution in [0.5, 0.6) is 0 Å². The lowest BCUT2D eigenvalue weighted by Gasteiger charge is -2.20. The molecule has 2 aromatic heterocycles. The molecule has 10 heteroatoms. The maximum absolute atomic E-state index is 12.5. The Morgan fingerprint density at radius 2 is 2.25 bits per heavy atom. The van der Waals surface area contributed by atoms with Gasteiger partial charge in [0.15, 0.2) is 10.7 Å². The minimum absolute atomic E-state index is 0.0167. The summed E-state index contributed by atoms with van der Waals surface area (Å²) in [5.74, 6) is -0.621. The van der Waals surface area contributed by atoms with Gasteiger partial charge in [-0.15, -0.1) is 0 Å². The summed E-state index contributed by atoms with van der Waals surface area (Å²) in [6.45, 7) is 1.68. The summed E-state index contributed by atoms with van der Waals surface area (Å²) in [6, 6.07) is 4.23. The second-order valence-electron chi connectivity index (χ2n) is 5.65. The lowest BCUT2D eigenvalue weighted by molar-refractivity contribution is 0.314. The van der Waals surface area contributed by atoms with Gasteiger partial charge in [0.1, 0.15) is 0 Å². The van der Waals surface area contributed by atoms with Crippen LogP contribution in [0.4, 0.5) is 5.13 Å². The predicted molar refractivity (Wildman–Crippen MR) is 89.8 cm³/mol. The number of oxazole rings is 1. The smallest absolute Gasteiger partial charge is 0.408 e. The Balaban J connectivity index is 1.66. The number of hydrogen-bond acceptors (Lipinski definition) is 7. The fourth-order valence-electron chi connectivity index (χ4n) is 2.63. The molecule has 0 radical (unpaired) electrons. The molecular formula is C14H14N4O4S2. The number of hydrogen-bond donors (Lipinski definition) is 2. The third kappa shape index (κ3) is 2.72. The van der Waals surface area contributed by atoms with Crippen LogP contribution in [0.1, 0.15) is 10.6 Å². The van der Waals surface area contributed by atoms with Crippen molar-refractivity contribution in [2.24, 2.45) is 0 Å². The second kappa shape index (κ2) is 5.43. The number of benzene rings is 1. The van der Waals surface area contributed by atoms with Crippen molar-refractivity contribution >= 4 is 37.6 Å². The van der Waals surface area contributed by atoms with Gasteiger partial charge in [-0.3, -0.25) is 9.71 Å². The zero-order valence-corrected chi connectivity index (χ0v) is 14.3. The first-order valence-electron chi connectivity index (χ1n) is 7.23. The van der Waals surface area contributed by atoms with Crippen LogP contribution in [0.2, 0.25) is 0 Å². The number of nitrogens with one attached hydrogen (secondary N) is 2. The highest BCUT2D eigenvalue weighted by molar-refractivity contribution is 7.93. The van der Waals surface area contributed by atoms with E-state index in [-0.39, 0.29) is 10.5 Å². The third-order valence-electron chi connectivity index (χ3n) is 3.85. The van der Waals surface area contributed by atoms with E-state index in [0.29, 0.717) is 10.6 Å². The zero-order valence-electron chi connectivity index (χ0n) is 12.7. The van der Waals surface area contributed by atoms with Crippen molar-refractivity contribution in [2.75, 3.05) is 18.3 Å². The van der Waals surface area contributed by atoms with Gasteiger partial charge < -0.3 is 9.32 Å². The number of anilines is 1. The lowest BCUT2D eigenvalue weighted by atomic mass is 10.2. The third-order valence-corrected chi connectivity index (χ3v) is 6.31. The monoisotopic (exact) mass is 366 g/mol. The fourth-order valence-corrected chi connectivity index (χ4v) is 4.97. The van der Waals surface area contributed by atoms with Gasteiger partial charge in [0, 0.05) is 30.5 Å². The highest BCUT2D eigenvalue weighted by Gasteiger charge is 2.22. The van der Waals surface area contributed by atoms with E-state index in [1.54, 1.807) is 0 Å². The number of sulfonamides is 1. The minimum atomic E-state index is -3.80. The summed E-state index contributed by atoms with van der Waals surface area (Å²) in [7, 11) is -1.78. The molecule has 1 aliphatic heterocycles.